The van der Waals surface area contributed by atoms with Gasteiger partial charge in [-0.1, -0.05) is 12.1 Å². The molecule has 0 atom stereocenters. The molecule has 0 aliphatic rings. The summed E-state index contributed by atoms with van der Waals surface area (Å²) < 4.78 is 10.8. The van der Waals surface area contributed by atoms with Gasteiger partial charge in [-0.15, -0.1) is 0 Å². The fourth-order valence-corrected chi connectivity index (χ4v) is 2.27. The number of carboxylic acid groups (broad SMARTS) is 1. The summed E-state index contributed by atoms with van der Waals surface area (Å²) in [6, 6.07) is 14.3. The van der Waals surface area contributed by atoms with Crippen LogP contribution in [0.15, 0.2) is 48.5 Å². The SMILES string of the molecule is CCOc1ccc(C(=O)NCc2ccc(OCCCC(=O)O)cc2)cc1. The van der Waals surface area contributed by atoms with Gasteiger partial charge in [0.1, 0.15) is 11.5 Å². The van der Waals surface area contributed by atoms with Crippen molar-refractivity contribution in [1.82, 2.24) is 5.32 Å². The average molecular weight is 357 g/mol. The molecule has 1 amide bonds. The van der Waals surface area contributed by atoms with Crippen LogP contribution in [0.5, 0.6) is 11.5 Å². The molecular formula is C20H23NO5. The minimum Gasteiger partial charge on any atom is -0.494 e. The molecule has 0 fully saturated rings. The van der Waals surface area contributed by atoms with Gasteiger partial charge in [0, 0.05) is 18.5 Å². The highest BCUT2D eigenvalue weighted by atomic mass is 16.5. The van der Waals surface area contributed by atoms with E-state index in [2.05, 4.69) is 5.32 Å². The van der Waals surface area contributed by atoms with Crippen LogP contribution < -0.4 is 14.8 Å². The number of hydrogen-bond donors (Lipinski definition) is 2. The van der Waals surface area contributed by atoms with Crippen molar-refractivity contribution in [3.05, 3.63) is 59.7 Å². The molecule has 0 saturated carbocycles. The second kappa shape index (κ2) is 10.1. The third-order valence-electron chi connectivity index (χ3n) is 3.61. The first-order chi connectivity index (χ1) is 12.6. The molecule has 0 saturated heterocycles. The summed E-state index contributed by atoms with van der Waals surface area (Å²) in [4.78, 5) is 22.6. The fraction of sp³-hybridized carbons (Fsp3) is 0.300. The number of hydrogen-bond acceptors (Lipinski definition) is 4. The first kappa shape index (κ1) is 19.3. The number of carbonyl (C=O) groups is 2. The first-order valence-corrected chi connectivity index (χ1v) is 8.53. The molecule has 2 aromatic carbocycles. The molecule has 0 heterocycles. The van der Waals surface area contributed by atoms with Crippen LogP contribution in [0.3, 0.4) is 0 Å². The van der Waals surface area contributed by atoms with E-state index in [4.69, 9.17) is 14.6 Å². The topological polar surface area (TPSA) is 84.9 Å². The van der Waals surface area contributed by atoms with E-state index in [0.29, 0.717) is 37.5 Å². The molecule has 0 aliphatic carbocycles. The van der Waals surface area contributed by atoms with E-state index >= 15 is 0 Å². The van der Waals surface area contributed by atoms with E-state index in [1.165, 1.54) is 0 Å². The standard InChI is InChI=1S/C20H23NO5/c1-2-25-17-11-7-16(8-12-17)20(24)21-14-15-5-9-18(10-6-15)26-13-3-4-19(22)23/h5-12H,2-4,13-14H2,1H3,(H,21,24)(H,22,23). The van der Waals surface area contributed by atoms with Crippen molar-refractivity contribution in [1.29, 1.82) is 0 Å². The van der Waals surface area contributed by atoms with Gasteiger partial charge in [0.2, 0.25) is 0 Å². The number of ether oxygens (including phenoxy) is 2. The molecule has 0 unspecified atom stereocenters. The summed E-state index contributed by atoms with van der Waals surface area (Å²) in [5, 5.41) is 11.4. The van der Waals surface area contributed by atoms with Gasteiger partial charge >= 0.3 is 5.97 Å². The maximum absolute atomic E-state index is 12.2. The lowest BCUT2D eigenvalue weighted by Gasteiger charge is -2.08. The molecule has 6 nitrogen and oxygen atoms in total. The minimum absolute atomic E-state index is 0.0929. The lowest BCUT2D eigenvalue weighted by Crippen LogP contribution is -2.22. The van der Waals surface area contributed by atoms with Gasteiger partial charge in [-0.2, -0.15) is 0 Å². The van der Waals surface area contributed by atoms with Gasteiger partial charge in [0.25, 0.3) is 5.91 Å². The molecule has 6 heteroatoms. The molecule has 0 radical (unpaired) electrons. The summed E-state index contributed by atoms with van der Waals surface area (Å²) in [6.45, 7) is 3.27. The third kappa shape index (κ3) is 6.47. The van der Waals surface area contributed by atoms with E-state index in [1.807, 2.05) is 19.1 Å². The van der Waals surface area contributed by atoms with Crippen molar-refractivity contribution in [2.75, 3.05) is 13.2 Å². The van der Waals surface area contributed by atoms with Crippen molar-refractivity contribution in [3.8, 4) is 11.5 Å². The summed E-state index contributed by atoms with van der Waals surface area (Å²) in [5.74, 6) is 0.439. The number of amides is 1. The Kier molecular flexibility index (Phi) is 7.49. The van der Waals surface area contributed by atoms with Crippen LogP contribution in [-0.4, -0.2) is 30.2 Å². The second-order valence-corrected chi connectivity index (χ2v) is 5.63. The molecule has 2 N–H and O–H groups in total. The summed E-state index contributed by atoms with van der Waals surface area (Å²) in [7, 11) is 0. The highest BCUT2D eigenvalue weighted by molar-refractivity contribution is 5.94. The Morgan fingerprint density at radius 1 is 0.962 bits per heavy atom. The Labute approximate surface area is 152 Å². The predicted octanol–water partition coefficient (Wildman–Crippen LogP) is 3.26. The highest BCUT2D eigenvalue weighted by Crippen LogP contribution is 2.14. The van der Waals surface area contributed by atoms with Gasteiger partial charge in [-0.05, 0) is 55.3 Å². The maximum Gasteiger partial charge on any atom is 0.303 e. The van der Waals surface area contributed by atoms with Gasteiger partial charge in [0.15, 0.2) is 0 Å². The molecule has 26 heavy (non-hydrogen) atoms. The van der Waals surface area contributed by atoms with Gasteiger partial charge < -0.3 is 19.9 Å². The zero-order valence-electron chi connectivity index (χ0n) is 14.7. The number of nitrogens with one attached hydrogen (secondary N) is 1. The molecule has 0 bridgehead atoms. The molecule has 2 aromatic rings. The Hall–Kier alpha value is -3.02. The van der Waals surface area contributed by atoms with Crippen LogP contribution in [0.25, 0.3) is 0 Å². The maximum atomic E-state index is 12.2. The van der Waals surface area contributed by atoms with Crippen molar-refractivity contribution in [2.45, 2.75) is 26.3 Å². The zero-order valence-corrected chi connectivity index (χ0v) is 14.7. The van der Waals surface area contributed by atoms with Crippen LogP contribution in [0, 0.1) is 0 Å². The predicted molar refractivity (Wildman–Crippen MR) is 97.6 cm³/mol. The van der Waals surface area contributed by atoms with Crippen molar-refractivity contribution < 1.29 is 24.2 Å². The van der Waals surface area contributed by atoms with Crippen LogP contribution in [0.1, 0.15) is 35.7 Å². The van der Waals surface area contributed by atoms with Crippen molar-refractivity contribution >= 4 is 11.9 Å². The van der Waals surface area contributed by atoms with Gasteiger partial charge in [0.05, 0.1) is 13.2 Å². The molecule has 0 spiro atoms. The second-order valence-electron chi connectivity index (χ2n) is 5.63. The van der Waals surface area contributed by atoms with Crippen molar-refractivity contribution in [3.63, 3.8) is 0 Å². The summed E-state index contributed by atoms with van der Waals surface area (Å²) in [5.41, 5.74) is 1.52. The lowest BCUT2D eigenvalue weighted by atomic mass is 10.2. The first-order valence-electron chi connectivity index (χ1n) is 8.53. The van der Waals surface area contributed by atoms with Crippen LogP contribution in [0.4, 0.5) is 0 Å². The highest BCUT2D eigenvalue weighted by Gasteiger charge is 2.06. The molecule has 2 rings (SSSR count). The Morgan fingerprint density at radius 3 is 2.19 bits per heavy atom. The third-order valence-corrected chi connectivity index (χ3v) is 3.61. The number of rotatable bonds is 10. The number of benzene rings is 2. The van der Waals surface area contributed by atoms with E-state index in [9.17, 15) is 9.59 Å². The van der Waals surface area contributed by atoms with Gasteiger partial charge in [-0.25, -0.2) is 0 Å². The molecular weight excluding hydrogens is 334 g/mol. The quantitative estimate of drug-likeness (QED) is 0.638. The number of carboxylic acids is 1. The fourth-order valence-electron chi connectivity index (χ4n) is 2.27. The van der Waals surface area contributed by atoms with Crippen LogP contribution >= 0.6 is 0 Å². The van der Waals surface area contributed by atoms with Crippen LogP contribution in [0.2, 0.25) is 0 Å². The molecule has 0 aromatic heterocycles. The van der Waals surface area contributed by atoms with E-state index in [1.54, 1.807) is 36.4 Å². The monoisotopic (exact) mass is 357 g/mol. The summed E-state index contributed by atoms with van der Waals surface area (Å²) in [6.07, 6.45) is 0.560. The normalized spacial score (nSPS) is 10.2. The number of aliphatic carboxylic acids is 1. The van der Waals surface area contributed by atoms with E-state index in [0.717, 1.165) is 11.3 Å². The van der Waals surface area contributed by atoms with Gasteiger partial charge in [-0.3, -0.25) is 9.59 Å². The molecule has 138 valence electrons. The van der Waals surface area contributed by atoms with Crippen molar-refractivity contribution in [2.24, 2.45) is 0 Å². The number of carbonyl (C=O) groups excluding carboxylic acids is 1. The Morgan fingerprint density at radius 2 is 1.58 bits per heavy atom. The lowest BCUT2D eigenvalue weighted by molar-refractivity contribution is -0.137. The van der Waals surface area contributed by atoms with Crippen LogP contribution in [-0.2, 0) is 11.3 Å². The molecule has 0 aliphatic heterocycles. The Balaban J connectivity index is 1.77. The zero-order chi connectivity index (χ0) is 18.8. The smallest absolute Gasteiger partial charge is 0.303 e. The average Bonchev–Trinajstić information content (AvgIpc) is 2.65. The van der Waals surface area contributed by atoms with E-state index in [-0.39, 0.29) is 12.3 Å². The van der Waals surface area contributed by atoms with E-state index < -0.39 is 5.97 Å². The largest absolute Gasteiger partial charge is 0.494 e. The minimum atomic E-state index is -0.827. The Bertz CT molecular complexity index is 710. The summed E-state index contributed by atoms with van der Waals surface area (Å²) >= 11 is 0.